The lowest BCUT2D eigenvalue weighted by Crippen LogP contribution is -2.42. The van der Waals surface area contributed by atoms with Crippen LogP contribution in [0.3, 0.4) is 0 Å². The van der Waals surface area contributed by atoms with Crippen LogP contribution in [0.15, 0.2) is 42.7 Å². The van der Waals surface area contributed by atoms with Crippen LogP contribution < -0.4 is 0 Å². The van der Waals surface area contributed by atoms with Crippen molar-refractivity contribution in [3.05, 3.63) is 48.5 Å². The van der Waals surface area contributed by atoms with Gasteiger partial charge in [-0.3, -0.25) is 0 Å². The number of nitrogens with zero attached hydrogens (tertiary/aromatic N) is 1. The van der Waals surface area contributed by atoms with E-state index in [0.717, 1.165) is 30.4 Å². The average molecular weight is 287 g/mol. The van der Waals surface area contributed by atoms with Crippen molar-refractivity contribution < 1.29 is 14.3 Å². The first kappa shape index (κ1) is 13.9. The summed E-state index contributed by atoms with van der Waals surface area (Å²) >= 11 is 0. The molecule has 1 aromatic heterocycles. The Labute approximate surface area is 123 Å². The first-order chi connectivity index (χ1) is 10.1. The molecule has 4 heteroatoms. The molecule has 1 N–H and O–H groups in total. The Hall–Kier alpha value is -2.10. The van der Waals surface area contributed by atoms with Crippen LogP contribution in [0.25, 0.3) is 11.1 Å². The van der Waals surface area contributed by atoms with E-state index < -0.39 is 11.5 Å². The van der Waals surface area contributed by atoms with Crippen molar-refractivity contribution >= 4 is 5.97 Å². The standard InChI is InChI=1S/C17H18FNO2/c18-15-6-4-13(5-7-15)14-8-11-19(12-14)17(16(20)21)9-2-1-3-10-17/h4-8,11-12H,1-3,9-10H2,(H,20,21). The normalized spacial score (nSPS) is 17.6. The molecule has 110 valence electrons. The second-order valence-electron chi connectivity index (χ2n) is 5.71. The predicted molar refractivity (Wildman–Crippen MR) is 78.5 cm³/mol. The number of hydrogen-bond donors (Lipinski definition) is 1. The first-order valence-electron chi connectivity index (χ1n) is 7.30. The van der Waals surface area contributed by atoms with Crippen molar-refractivity contribution in [3.63, 3.8) is 0 Å². The molecule has 2 aromatic rings. The van der Waals surface area contributed by atoms with Gasteiger partial charge in [0, 0.05) is 12.4 Å². The molecule has 1 heterocycles. The Morgan fingerprint density at radius 2 is 1.71 bits per heavy atom. The van der Waals surface area contributed by atoms with E-state index in [4.69, 9.17) is 0 Å². The molecule has 3 nitrogen and oxygen atoms in total. The maximum atomic E-state index is 13.0. The number of rotatable bonds is 3. The van der Waals surface area contributed by atoms with Crippen LogP contribution in [-0.4, -0.2) is 15.6 Å². The summed E-state index contributed by atoms with van der Waals surface area (Å²) in [4.78, 5) is 11.8. The van der Waals surface area contributed by atoms with E-state index in [1.54, 1.807) is 12.1 Å². The van der Waals surface area contributed by atoms with Crippen LogP contribution in [0.1, 0.15) is 32.1 Å². The van der Waals surface area contributed by atoms with Gasteiger partial charge < -0.3 is 9.67 Å². The highest BCUT2D eigenvalue weighted by atomic mass is 19.1. The van der Waals surface area contributed by atoms with E-state index in [1.165, 1.54) is 12.1 Å². The molecule has 0 spiro atoms. The summed E-state index contributed by atoms with van der Waals surface area (Å²) in [5, 5.41) is 9.69. The Kier molecular flexibility index (Phi) is 3.53. The summed E-state index contributed by atoms with van der Waals surface area (Å²) in [7, 11) is 0. The lowest BCUT2D eigenvalue weighted by molar-refractivity contribution is -0.149. The van der Waals surface area contributed by atoms with Gasteiger partial charge in [-0.1, -0.05) is 31.4 Å². The summed E-state index contributed by atoms with van der Waals surface area (Å²) in [6.45, 7) is 0. The molecule has 0 unspecified atom stereocenters. The Balaban J connectivity index is 1.96. The summed E-state index contributed by atoms with van der Waals surface area (Å²) in [6, 6.07) is 8.15. The van der Waals surface area contributed by atoms with Crippen molar-refractivity contribution in [2.75, 3.05) is 0 Å². The lowest BCUT2D eigenvalue weighted by atomic mass is 9.81. The second-order valence-corrected chi connectivity index (χ2v) is 5.71. The van der Waals surface area contributed by atoms with Crippen LogP contribution in [0, 0.1) is 5.82 Å². The molecule has 1 aromatic carbocycles. The largest absolute Gasteiger partial charge is 0.479 e. The molecule has 0 saturated heterocycles. The number of carboxylic acid groups (broad SMARTS) is 1. The number of aliphatic carboxylic acids is 1. The molecule has 1 aliphatic carbocycles. The number of carbonyl (C=O) groups is 1. The fraction of sp³-hybridized carbons (Fsp3) is 0.353. The molecule has 0 radical (unpaired) electrons. The van der Waals surface area contributed by atoms with Gasteiger partial charge in [-0.25, -0.2) is 9.18 Å². The van der Waals surface area contributed by atoms with E-state index >= 15 is 0 Å². The van der Waals surface area contributed by atoms with Crippen molar-refractivity contribution in [3.8, 4) is 11.1 Å². The number of benzene rings is 1. The third-order valence-electron chi connectivity index (χ3n) is 4.44. The van der Waals surface area contributed by atoms with E-state index in [9.17, 15) is 14.3 Å². The highest BCUT2D eigenvalue weighted by Gasteiger charge is 2.41. The van der Waals surface area contributed by atoms with Crippen LogP contribution in [0.5, 0.6) is 0 Å². The fourth-order valence-electron chi connectivity index (χ4n) is 3.20. The van der Waals surface area contributed by atoms with Crippen molar-refractivity contribution in [1.29, 1.82) is 0 Å². The van der Waals surface area contributed by atoms with Gasteiger partial charge in [-0.15, -0.1) is 0 Å². The van der Waals surface area contributed by atoms with Crippen molar-refractivity contribution in [1.82, 2.24) is 4.57 Å². The van der Waals surface area contributed by atoms with Gasteiger partial charge in [0.2, 0.25) is 0 Å². The van der Waals surface area contributed by atoms with Crippen molar-refractivity contribution in [2.45, 2.75) is 37.6 Å². The third kappa shape index (κ3) is 2.46. The maximum absolute atomic E-state index is 13.0. The van der Waals surface area contributed by atoms with E-state index in [0.29, 0.717) is 12.8 Å². The monoisotopic (exact) mass is 287 g/mol. The van der Waals surface area contributed by atoms with Gasteiger partial charge in [0.15, 0.2) is 0 Å². The number of carboxylic acids is 1. The molecule has 0 atom stereocenters. The highest BCUT2D eigenvalue weighted by molar-refractivity contribution is 5.77. The Morgan fingerprint density at radius 1 is 1.05 bits per heavy atom. The quantitative estimate of drug-likeness (QED) is 0.925. The zero-order chi connectivity index (χ0) is 14.9. The lowest BCUT2D eigenvalue weighted by Gasteiger charge is -2.34. The summed E-state index contributed by atoms with van der Waals surface area (Å²) < 4.78 is 14.8. The first-order valence-corrected chi connectivity index (χ1v) is 7.30. The van der Waals surface area contributed by atoms with Crippen molar-refractivity contribution in [2.24, 2.45) is 0 Å². The van der Waals surface area contributed by atoms with Crippen LogP contribution in [0.2, 0.25) is 0 Å². The minimum atomic E-state index is -0.823. The van der Waals surface area contributed by atoms with E-state index in [-0.39, 0.29) is 5.82 Å². The number of hydrogen-bond acceptors (Lipinski definition) is 1. The zero-order valence-electron chi connectivity index (χ0n) is 11.8. The molecule has 0 aliphatic heterocycles. The van der Waals surface area contributed by atoms with E-state index in [1.807, 2.05) is 23.0 Å². The van der Waals surface area contributed by atoms with Gasteiger partial charge in [0.25, 0.3) is 0 Å². The molecule has 3 rings (SSSR count). The van der Waals surface area contributed by atoms with Crippen LogP contribution >= 0.6 is 0 Å². The van der Waals surface area contributed by atoms with Crippen LogP contribution in [-0.2, 0) is 10.3 Å². The minimum absolute atomic E-state index is 0.271. The minimum Gasteiger partial charge on any atom is -0.479 e. The summed E-state index contributed by atoms with van der Waals surface area (Å²) in [5.74, 6) is -1.03. The smallest absolute Gasteiger partial charge is 0.329 e. The van der Waals surface area contributed by atoms with Gasteiger partial charge in [-0.05, 0) is 42.2 Å². The highest BCUT2D eigenvalue weighted by Crippen LogP contribution is 2.36. The Morgan fingerprint density at radius 3 is 2.33 bits per heavy atom. The topological polar surface area (TPSA) is 42.2 Å². The molecule has 1 saturated carbocycles. The maximum Gasteiger partial charge on any atom is 0.329 e. The molecule has 0 amide bonds. The molecule has 1 aliphatic rings. The molecular weight excluding hydrogens is 269 g/mol. The van der Waals surface area contributed by atoms with Gasteiger partial charge >= 0.3 is 5.97 Å². The van der Waals surface area contributed by atoms with Gasteiger partial charge in [-0.2, -0.15) is 0 Å². The SMILES string of the molecule is O=C(O)C1(n2ccc(-c3ccc(F)cc3)c2)CCCCC1. The Bertz CT molecular complexity index is 639. The molecule has 1 fully saturated rings. The molecular formula is C17H18FNO2. The second kappa shape index (κ2) is 5.35. The fourth-order valence-corrected chi connectivity index (χ4v) is 3.20. The zero-order valence-corrected chi connectivity index (χ0v) is 11.8. The van der Waals surface area contributed by atoms with Gasteiger partial charge in [0.05, 0.1) is 0 Å². The predicted octanol–water partition coefficient (Wildman–Crippen LogP) is 4.04. The van der Waals surface area contributed by atoms with Gasteiger partial charge in [0.1, 0.15) is 11.4 Å². The molecule has 0 bridgehead atoms. The van der Waals surface area contributed by atoms with E-state index in [2.05, 4.69) is 0 Å². The third-order valence-corrected chi connectivity index (χ3v) is 4.44. The summed E-state index contributed by atoms with van der Waals surface area (Å²) in [5.41, 5.74) is 0.990. The molecule has 21 heavy (non-hydrogen) atoms. The summed E-state index contributed by atoms with van der Waals surface area (Å²) in [6.07, 6.45) is 8.01. The number of aromatic nitrogens is 1. The number of halogens is 1. The average Bonchev–Trinajstić information content (AvgIpc) is 2.99. The van der Waals surface area contributed by atoms with Crippen LogP contribution in [0.4, 0.5) is 4.39 Å².